The van der Waals surface area contributed by atoms with E-state index in [0.29, 0.717) is 31.2 Å². The molecule has 0 saturated heterocycles. The Morgan fingerprint density at radius 1 is 1.33 bits per heavy atom. The maximum atomic E-state index is 13.3. The summed E-state index contributed by atoms with van der Waals surface area (Å²) in [6, 6.07) is 8.41. The van der Waals surface area contributed by atoms with E-state index in [-0.39, 0.29) is 24.7 Å². The molecule has 3 nitrogen and oxygen atoms in total. The minimum Gasteiger partial charge on any atom is -0.311 e. The number of carbonyl (C=O) groups is 1. The molecule has 0 amide bonds. The van der Waals surface area contributed by atoms with Crippen molar-refractivity contribution in [2.75, 3.05) is 0 Å². The molecule has 2 unspecified atom stereocenters. The van der Waals surface area contributed by atoms with Gasteiger partial charge >= 0.3 is 0 Å². The third-order valence-electron chi connectivity index (χ3n) is 5.60. The average Bonchev–Trinajstić information content (AvgIpc) is 3.29. The first-order chi connectivity index (χ1) is 12.9. The number of hydrogen-bond acceptors (Lipinski definition) is 4. The van der Waals surface area contributed by atoms with Gasteiger partial charge in [-0.25, -0.2) is 13.8 Å². The van der Waals surface area contributed by atoms with E-state index in [2.05, 4.69) is 16.4 Å². The molecule has 6 heteroatoms. The summed E-state index contributed by atoms with van der Waals surface area (Å²) >= 11 is 1.56. The topological polar surface area (TPSA) is 42.0 Å². The lowest BCUT2D eigenvalue weighted by Gasteiger charge is -2.29. The number of hydrogen-bond donors (Lipinski definition) is 1. The fourth-order valence-electron chi connectivity index (χ4n) is 3.95. The Labute approximate surface area is 162 Å². The summed E-state index contributed by atoms with van der Waals surface area (Å²) in [4.78, 5) is 17.8. The maximum Gasteiger partial charge on any atom is 0.248 e. The molecule has 2 atom stereocenters. The van der Waals surface area contributed by atoms with Crippen LogP contribution in [0.4, 0.5) is 8.78 Å². The van der Waals surface area contributed by atoms with E-state index >= 15 is 0 Å². The van der Waals surface area contributed by atoms with Gasteiger partial charge in [-0.3, -0.25) is 4.79 Å². The van der Waals surface area contributed by atoms with Crippen molar-refractivity contribution in [2.24, 2.45) is 0 Å². The summed E-state index contributed by atoms with van der Waals surface area (Å²) in [6.07, 6.45) is 4.24. The van der Waals surface area contributed by atoms with Crippen molar-refractivity contribution in [2.45, 2.75) is 69.4 Å². The summed E-state index contributed by atoms with van der Waals surface area (Å²) in [5.74, 6) is -1.99. The molecule has 1 aromatic carbocycles. The van der Waals surface area contributed by atoms with Crippen LogP contribution in [0, 0.1) is 6.92 Å². The second-order valence-electron chi connectivity index (χ2n) is 7.82. The predicted octanol–water partition coefficient (Wildman–Crippen LogP) is 4.90. The van der Waals surface area contributed by atoms with Gasteiger partial charge in [0, 0.05) is 53.9 Å². The molecule has 0 radical (unpaired) electrons. The number of carbonyl (C=O) groups excluding carboxylic acids is 1. The minimum atomic E-state index is -2.48. The summed E-state index contributed by atoms with van der Waals surface area (Å²) in [5, 5.41) is 4.52. The number of benzene rings is 1. The van der Waals surface area contributed by atoms with Gasteiger partial charge in [0.2, 0.25) is 5.92 Å². The van der Waals surface area contributed by atoms with Crippen molar-refractivity contribution in [3.05, 3.63) is 51.5 Å². The molecular weight excluding hydrogens is 366 g/mol. The van der Waals surface area contributed by atoms with Gasteiger partial charge in [0.15, 0.2) is 5.78 Å². The molecule has 0 aliphatic heterocycles. The normalized spacial score (nSPS) is 24.7. The molecule has 2 aliphatic carbocycles. The zero-order valence-corrected chi connectivity index (χ0v) is 16.2. The van der Waals surface area contributed by atoms with Gasteiger partial charge in [-0.1, -0.05) is 18.2 Å². The highest BCUT2D eigenvalue weighted by molar-refractivity contribution is 7.11. The third-order valence-corrected chi connectivity index (χ3v) is 6.51. The highest BCUT2D eigenvalue weighted by atomic mass is 32.1. The lowest BCUT2D eigenvalue weighted by molar-refractivity contribution is -0.0405. The van der Waals surface area contributed by atoms with Crippen molar-refractivity contribution in [3.63, 3.8) is 0 Å². The van der Waals surface area contributed by atoms with Gasteiger partial charge in [0.25, 0.3) is 0 Å². The number of halogens is 2. The Balaban J connectivity index is 1.34. The molecule has 1 N–H and O–H groups in total. The Morgan fingerprint density at radius 2 is 2.11 bits per heavy atom. The van der Waals surface area contributed by atoms with Crippen LogP contribution in [-0.4, -0.2) is 28.8 Å². The van der Waals surface area contributed by atoms with Gasteiger partial charge in [-0.2, -0.15) is 0 Å². The van der Waals surface area contributed by atoms with Crippen LogP contribution >= 0.6 is 11.3 Å². The molecule has 2 saturated carbocycles. The van der Waals surface area contributed by atoms with Gasteiger partial charge in [0.1, 0.15) is 0 Å². The molecular formula is C21H24F2N2OS. The summed E-state index contributed by atoms with van der Waals surface area (Å²) in [6.45, 7) is 1.94. The first kappa shape index (κ1) is 18.7. The molecule has 144 valence electrons. The lowest BCUT2D eigenvalue weighted by atomic mass is 9.92. The Kier molecular flexibility index (Phi) is 5.12. The summed E-state index contributed by atoms with van der Waals surface area (Å²) < 4.78 is 26.6. The smallest absolute Gasteiger partial charge is 0.248 e. The van der Waals surface area contributed by atoms with E-state index in [4.69, 9.17) is 0 Å². The predicted molar refractivity (Wildman–Crippen MR) is 103 cm³/mol. The first-order valence-corrected chi connectivity index (χ1v) is 10.4. The molecule has 1 heterocycles. The fraction of sp³-hybridized carbons (Fsp3) is 0.524. The zero-order chi connectivity index (χ0) is 19.0. The number of aryl methyl sites for hydroxylation is 1. The minimum absolute atomic E-state index is 0.0108. The quantitative estimate of drug-likeness (QED) is 0.714. The van der Waals surface area contributed by atoms with Crippen LogP contribution in [0.25, 0.3) is 0 Å². The van der Waals surface area contributed by atoms with Crippen molar-refractivity contribution >= 4 is 17.1 Å². The van der Waals surface area contributed by atoms with Crippen LogP contribution in [0.3, 0.4) is 0 Å². The molecule has 27 heavy (non-hydrogen) atoms. The SMILES string of the molecule is Cc1ncc(CC(=O)c2cccc(C3CC3NC3CCC(F)(F)CC3)c2)s1. The van der Waals surface area contributed by atoms with Crippen molar-refractivity contribution in [1.82, 2.24) is 10.3 Å². The maximum absolute atomic E-state index is 13.3. The van der Waals surface area contributed by atoms with E-state index in [0.717, 1.165) is 21.9 Å². The molecule has 2 aliphatic rings. The average molecular weight is 390 g/mol. The molecule has 2 aromatic rings. The van der Waals surface area contributed by atoms with Gasteiger partial charge in [0.05, 0.1) is 5.01 Å². The second kappa shape index (κ2) is 7.40. The van der Waals surface area contributed by atoms with Crippen LogP contribution < -0.4 is 5.32 Å². The number of Topliss-reactive ketones (excluding diaryl/α,β-unsaturated/α-hetero) is 1. The van der Waals surface area contributed by atoms with Crippen LogP contribution in [0.5, 0.6) is 0 Å². The molecule has 0 spiro atoms. The van der Waals surface area contributed by atoms with Crippen molar-refractivity contribution < 1.29 is 13.6 Å². The Hall–Kier alpha value is -1.66. The van der Waals surface area contributed by atoms with Crippen molar-refractivity contribution in [1.29, 1.82) is 0 Å². The van der Waals surface area contributed by atoms with Gasteiger partial charge in [-0.05, 0) is 37.8 Å². The number of thiazole rings is 1. The molecule has 4 rings (SSSR count). The number of nitrogens with zero attached hydrogens (tertiary/aromatic N) is 1. The molecule has 1 aromatic heterocycles. The van der Waals surface area contributed by atoms with Crippen LogP contribution in [0.15, 0.2) is 30.5 Å². The number of rotatable bonds is 6. The standard InChI is InChI=1S/C21H24F2N2OS/c1-13-24-12-17(27-13)10-20(26)15-4-2-3-14(9-15)18-11-19(18)25-16-5-7-21(22,23)8-6-16/h2-4,9,12,16,18-19,25H,5-8,10-11H2,1H3. The van der Waals surface area contributed by atoms with E-state index in [1.807, 2.05) is 25.1 Å². The molecule has 2 fully saturated rings. The van der Waals surface area contributed by atoms with E-state index in [9.17, 15) is 13.6 Å². The van der Waals surface area contributed by atoms with Gasteiger partial charge < -0.3 is 5.32 Å². The van der Waals surface area contributed by atoms with Crippen molar-refractivity contribution in [3.8, 4) is 0 Å². The second-order valence-corrected chi connectivity index (χ2v) is 9.14. The summed E-state index contributed by atoms with van der Waals surface area (Å²) in [7, 11) is 0. The van der Waals surface area contributed by atoms with E-state index in [1.54, 1.807) is 17.5 Å². The van der Waals surface area contributed by atoms with Gasteiger partial charge in [-0.15, -0.1) is 11.3 Å². The van der Waals surface area contributed by atoms with E-state index < -0.39 is 5.92 Å². The number of alkyl halides is 2. The third kappa shape index (κ3) is 4.61. The fourth-order valence-corrected chi connectivity index (χ4v) is 4.74. The molecule has 0 bridgehead atoms. The zero-order valence-electron chi connectivity index (χ0n) is 15.4. The number of nitrogens with one attached hydrogen (secondary N) is 1. The largest absolute Gasteiger partial charge is 0.311 e. The monoisotopic (exact) mass is 390 g/mol. The van der Waals surface area contributed by atoms with Crippen LogP contribution in [0.2, 0.25) is 0 Å². The highest BCUT2D eigenvalue weighted by Gasteiger charge is 2.42. The lowest BCUT2D eigenvalue weighted by Crippen LogP contribution is -2.38. The first-order valence-electron chi connectivity index (χ1n) is 9.58. The Morgan fingerprint density at radius 3 is 2.81 bits per heavy atom. The summed E-state index contributed by atoms with van der Waals surface area (Å²) in [5.41, 5.74) is 1.90. The highest BCUT2D eigenvalue weighted by Crippen LogP contribution is 2.43. The Bertz CT molecular complexity index is 825. The number of aromatic nitrogens is 1. The van der Waals surface area contributed by atoms with Crippen LogP contribution in [-0.2, 0) is 6.42 Å². The number of ketones is 1. The van der Waals surface area contributed by atoms with E-state index in [1.165, 1.54) is 5.56 Å². The van der Waals surface area contributed by atoms with Crippen LogP contribution in [0.1, 0.15) is 63.8 Å².